The highest BCUT2D eigenvalue weighted by atomic mass is 32.2. The first kappa shape index (κ1) is 30.5. The van der Waals surface area contributed by atoms with E-state index in [4.69, 9.17) is 9.47 Å². The molecule has 0 radical (unpaired) electrons. The predicted molar refractivity (Wildman–Crippen MR) is 155 cm³/mol. The molecule has 0 unspecified atom stereocenters. The van der Waals surface area contributed by atoms with E-state index in [1.165, 1.54) is 24.1 Å². The summed E-state index contributed by atoms with van der Waals surface area (Å²) in [5.41, 5.74) is 1.03. The zero-order chi connectivity index (χ0) is 29.1. The van der Waals surface area contributed by atoms with Crippen LogP contribution in [0.5, 0.6) is 11.5 Å². The van der Waals surface area contributed by atoms with Gasteiger partial charge >= 0.3 is 0 Å². The zero-order valence-electron chi connectivity index (χ0n) is 23.4. The summed E-state index contributed by atoms with van der Waals surface area (Å²) in [4.78, 5) is 28.4. The molecule has 0 aliphatic rings. The number of carbonyl (C=O) groups is 2. The molecule has 0 saturated heterocycles. The molecule has 0 aliphatic heterocycles. The van der Waals surface area contributed by atoms with E-state index in [0.29, 0.717) is 18.0 Å². The van der Waals surface area contributed by atoms with Crippen molar-refractivity contribution in [1.29, 1.82) is 0 Å². The molecule has 3 rings (SSSR count). The summed E-state index contributed by atoms with van der Waals surface area (Å²) >= 11 is 0. The molecule has 0 aromatic heterocycles. The summed E-state index contributed by atoms with van der Waals surface area (Å²) in [5.74, 6) is 0.257. The summed E-state index contributed by atoms with van der Waals surface area (Å²) in [6.45, 7) is 3.73. The highest BCUT2D eigenvalue weighted by Crippen LogP contribution is 2.27. The van der Waals surface area contributed by atoms with Crippen molar-refractivity contribution in [2.75, 3.05) is 31.6 Å². The monoisotopic (exact) mass is 567 g/mol. The van der Waals surface area contributed by atoms with Crippen molar-refractivity contribution in [1.82, 2.24) is 10.2 Å². The molecule has 0 saturated carbocycles. The average Bonchev–Trinajstić information content (AvgIpc) is 2.98. The van der Waals surface area contributed by atoms with Crippen LogP contribution in [0.15, 0.2) is 83.8 Å². The van der Waals surface area contributed by atoms with Crippen molar-refractivity contribution < 1.29 is 27.5 Å². The van der Waals surface area contributed by atoms with Crippen LogP contribution in [-0.4, -0.2) is 58.5 Å². The minimum Gasteiger partial charge on any atom is -0.497 e. The van der Waals surface area contributed by atoms with E-state index in [9.17, 15) is 18.0 Å². The van der Waals surface area contributed by atoms with Crippen molar-refractivity contribution in [3.05, 3.63) is 84.4 Å². The first-order chi connectivity index (χ1) is 19.2. The second kappa shape index (κ2) is 14.4. The van der Waals surface area contributed by atoms with Crippen molar-refractivity contribution >= 4 is 27.5 Å². The van der Waals surface area contributed by atoms with Gasteiger partial charge in [-0.1, -0.05) is 49.7 Å². The number of benzene rings is 3. The van der Waals surface area contributed by atoms with Gasteiger partial charge in [0.25, 0.3) is 10.0 Å². The fraction of sp³-hybridized carbons (Fsp3) is 0.333. The summed E-state index contributed by atoms with van der Waals surface area (Å²) in [6.07, 6.45) is 1.72. The Morgan fingerprint density at radius 3 is 2.20 bits per heavy atom. The lowest BCUT2D eigenvalue weighted by atomic mass is 10.1. The number of hydrogen-bond acceptors (Lipinski definition) is 6. The van der Waals surface area contributed by atoms with Crippen LogP contribution in [0.1, 0.15) is 32.3 Å². The van der Waals surface area contributed by atoms with Gasteiger partial charge in [0.15, 0.2) is 0 Å². The molecule has 1 atom stereocenters. The van der Waals surface area contributed by atoms with E-state index in [0.717, 1.165) is 22.7 Å². The minimum absolute atomic E-state index is 0.0395. The Morgan fingerprint density at radius 1 is 0.900 bits per heavy atom. The van der Waals surface area contributed by atoms with Gasteiger partial charge in [-0.2, -0.15) is 0 Å². The largest absolute Gasteiger partial charge is 0.497 e. The molecule has 3 aromatic carbocycles. The molecule has 9 nitrogen and oxygen atoms in total. The van der Waals surface area contributed by atoms with E-state index in [1.807, 2.05) is 6.92 Å². The van der Waals surface area contributed by atoms with Gasteiger partial charge in [-0.05, 0) is 55.3 Å². The van der Waals surface area contributed by atoms with Crippen LogP contribution in [0.4, 0.5) is 5.69 Å². The van der Waals surface area contributed by atoms with Crippen molar-refractivity contribution in [2.24, 2.45) is 0 Å². The number of carbonyl (C=O) groups excluding carboxylic acids is 2. The fourth-order valence-corrected chi connectivity index (χ4v) is 5.49. The lowest BCUT2D eigenvalue weighted by Crippen LogP contribution is -2.51. The van der Waals surface area contributed by atoms with Crippen LogP contribution in [-0.2, 0) is 26.2 Å². The maximum absolute atomic E-state index is 13.9. The summed E-state index contributed by atoms with van der Waals surface area (Å²) in [6, 6.07) is 20.7. The number of nitrogens with zero attached hydrogens (tertiary/aromatic N) is 2. The molecular weight excluding hydrogens is 530 g/mol. The van der Waals surface area contributed by atoms with Gasteiger partial charge in [0, 0.05) is 19.2 Å². The molecule has 2 amide bonds. The molecule has 40 heavy (non-hydrogen) atoms. The lowest BCUT2D eigenvalue weighted by Gasteiger charge is -2.32. The van der Waals surface area contributed by atoms with Crippen LogP contribution in [0.3, 0.4) is 0 Å². The summed E-state index contributed by atoms with van der Waals surface area (Å²) < 4.78 is 39.2. The molecule has 214 valence electrons. The summed E-state index contributed by atoms with van der Waals surface area (Å²) in [7, 11) is -1.09. The molecule has 0 bridgehead atoms. The lowest BCUT2D eigenvalue weighted by molar-refractivity contribution is -0.139. The Kier molecular flexibility index (Phi) is 11.0. The van der Waals surface area contributed by atoms with Gasteiger partial charge < -0.3 is 19.7 Å². The first-order valence-electron chi connectivity index (χ1n) is 13.1. The molecule has 10 heteroatoms. The van der Waals surface area contributed by atoms with Crippen LogP contribution < -0.4 is 19.1 Å². The van der Waals surface area contributed by atoms with Gasteiger partial charge in [0.2, 0.25) is 11.8 Å². The number of anilines is 1. The topological polar surface area (TPSA) is 105 Å². The van der Waals surface area contributed by atoms with Gasteiger partial charge in [-0.15, -0.1) is 0 Å². The number of amides is 2. The highest BCUT2D eigenvalue weighted by Gasteiger charge is 2.32. The van der Waals surface area contributed by atoms with Crippen molar-refractivity contribution in [2.45, 2.75) is 44.2 Å². The Labute approximate surface area is 236 Å². The smallest absolute Gasteiger partial charge is 0.264 e. The van der Waals surface area contributed by atoms with Gasteiger partial charge in [0.1, 0.15) is 24.1 Å². The van der Waals surface area contributed by atoms with E-state index in [-0.39, 0.29) is 23.0 Å². The van der Waals surface area contributed by atoms with E-state index >= 15 is 0 Å². The van der Waals surface area contributed by atoms with Crippen LogP contribution in [0, 0.1) is 0 Å². The van der Waals surface area contributed by atoms with E-state index in [1.54, 1.807) is 80.8 Å². The molecule has 3 aromatic rings. The molecule has 0 spiro atoms. The normalized spacial score (nSPS) is 11.8. The predicted octanol–water partition coefficient (Wildman–Crippen LogP) is 4.23. The third kappa shape index (κ3) is 7.75. The quantitative estimate of drug-likeness (QED) is 0.292. The average molecular weight is 568 g/mol. The molecule has 0 fully saturated rings. The van der Waals surface area contributed by atoms with Crippen LogP contribution in [0.25, 0.3) is 0 Å². The number of ether oxygens (including phenoxy) is 2. The highest BCUT2D eigenvalue weighted by molar-refractivity contribution is 7.92. The second-order valence-electron chi connectivity index (χ2n) is 9.22. The van der Waals surface area contributed by atoms with Gasteiger partial charge in [-0.3, -0.25) is 13.9 Å². The Balaban J connectivity index is 2.00. The van der Waals surface area contributed by atoms with Crippen molar-refractivity contribution in [3.63, 3.8) is 0 Å². The first-order valence-corrected chi connectivity index (χ1v) is 14.6. The van der Waals surface area contributed by atoms with Crippen molar-refractivity contribution in [3.8, 4) is 11.5 Å². The van der Waals surface area contributed by atoms with Crippen LogP contribution >= 0.6 is 0 Å². The molecule has 0 aliphatic carbocycles. The number of nitrogens with one attached hydrogen (secondary N) is 1. The second-order valence-corrected chi connectivity index (χ2v) is 11.1. The van der Waals surface area contributed by atoms with E-state index in [2.05, 4.69) is 5.32 Å². The fourth-order valence-electron chi connectivity index (χ4n) is 4.06. The number of hydrogen-bond donors (Lipinski definition) is 1. The molecule has 1 N–H and O–H groups in total. The number of sulfonamides is 1. The van der Waals surface area contributed by atoms with E-state index < -0.39 is 28.5 Å². The maximum atomic E-state index is 13.9. The number of rotatable bonds is 14. The number of methoxy groups -OCH3 is 2. The minimum atomic E-state index is -4.14. The zero-order valence-corrected chi connectivity index (χ0v) is 24.2. The Morgan fingerprint density at radius 2 is 1.57 bits per heavy atom. The molecular formula is C30H37N3O6S. The standard InChI is InChI=1S/C30H37N3O6S/c1-5-6-19-31-30(35)23(2)32(21-24-15-17-26(38-3)18-16-24)29(34)22-33(25-11-10-12-27(20-25)39-4)40(36,37)28-13-8-7-9-14-28/h7-18,20,23H,5-6,19,21-22H2,1-4H3,(H,31,35)/t23-/m0/s1. The van der Waals surface area contributed by atoms with Gasteiger partial charge in [0.05, 0.1) is 24.8 Å². The Bertz CT molecular complexity index is 1360. The third-order valence-corrected chi connectivity index (χ3v) is 8.25. The van der Waals surface area contributed by atoms with Gasteiger partial charge in [-0.25, -0.2) is 8.42 Å². The Hall–Kier alpha value is -4.05. The maximum Gasteiger partial charge on any atom is 0.264 e. The summed E-state index contributed by atoms with van der Waals surface area (Å²) in [5, 5.41) is 2.88. The number of unbranched alkanes of at least 4 members (excludes halogenated alkanes) is 1. The third-order valence-electron chi connectivity index (χ3n) is 6.46. The molecule has 0 heterocycles. The SMILES string of the molecule is CCCCNC(=O)[C@H](C)N(Cc1ccc(OC)cc1)C(=O)CN(c1cccc(OC)c1)S(=O)(=O)c1ccccc1. The van der Waals surface area contributed by atoms with Crippen LogP contribution in [0.2, 0.25) is 0 Å².